The molecule has 1 aromatic carbocycles. The molecule has 0 aliphatic rings. The average Bonchev–Trinajstić information content (AvgIpc) is 2.30. The molecule has 0 spiro atoms. The van der Waals surface area contributed by atoms with Gasteiger partial charge in [0.05, 0.1) is 5.69 Å². The second kappa shape index (κ2) is 4.61. The highest BCUT2D eigenvalue weighted by molar-refractivity contribution is 5.29. The van der Waals surface area contributed by atoms with Crippen molar-refractivity contribution in [1.82, 2.24) is 9.97 Å². The number of hydrogen-bond acceptors (Lipinski definition) is 4. The minimum atomic E-state index is -0.146. The number of para-hydroxylation sites is 1. The molecular weight excluding hydrogens is 202 g/mol. The lowest BCUT2D eigenvalue weighted by atomic mass is 10.2. The standard InChI is InChI=1S/C12H13N3O/c1-9(11-7-12(13)15-8-14-11)16-10-5-3-2-4-6-10/h2-9H,1H3,(H2,13,14,15)/t9-/m0/s1. The van der Waals surface area contributed by atoms with E-state index in [0.29, 0.717) is 5.82 Å². The summed E-state index contributed by atoms with van der Waals surface area (Å²) < 4.78 is 5.71. The molecule has 16 heavy (non-hydrogen) atoms. The lowest BCUT2D eigenvalue weighted by Gasteiger charge is -2.13. The van der Waals surface area contributed by atoms with Gasteiger partial charge in [-0.3, -0.25) is 0 Å². The molecule has 2 N–H and O–H groups in total. The van der Waals surface area contributed by atoms with Crippen LogP contribution in [-0.4, -0.2) is 9.97 Å². The van der Waals surface area contributed by atoms with Crippen LogP contribution in [-0.2, 0) is 0 Å². The fourth-order valence-corrected chi connectivity index (χ4v) is 1.37. The Morgan fingerprint density at radius 2 is 1.94 bits per heavy atom. The van der Waals surface area contributed by atoms with Crippen LogP contribution >= 0.6 is 0 Å². The van der Waals surface area contributed by atoms with Gasteiger partial charge in [0.2, 0.25) is 0 Å². The van der Waals surface area contributed by atoms with Gasteiger partial charge in [-0.25, -0.2) is 9.97 Å². The molecule has 0 saturated carbocycles. The Labute approximate surface area is 94.1 Å². The van der Waals surface area contributed by atoms with Crippen LogP contribution in [0.25, 0.3) is 0 Å². The third kappa shape index (κ3) is 2.48. The summed E-state index contributed by atoms with van der Waals surface area (Å²) in [6, 6.07) is 11.3. The number of hydrogen-bond donors (Lipinski definition) is 1. The molecule has 0 bridgehead atoms. The highest BCUT2D eigenvalue weighted by atomic mass is 16.5. The molecule has 1 atom stereocenters. The predicted molar refractivity (Wildman–Crippen MR) is 61.9 cm³/mol. The number of ether oxygens (including phenoxy) is 1. The molecule has 1 heterocycles. The molecule has 0 aliphatic carbocycles. The van der Waals surface area contributed by atoms with Gasteiger partial charge >= 0.3 is 0 Å². The quantitative estimate of drug-likeness (QED) is 0.852. The van der Waals surface area contributed by atoms with Crippen molar-refractivity contribution >= 4 is 5.82 Å². The zero-order chi connectivity index (χ0) is 11.4. The molecule has 2 rings (SSSR count). The largest absolute Gasteiger partial charge is 0.484 e. The van der Waals surface area contributed by atoms with Crippen LogP contribution in [0.2, 0.25) is 0 Å². The van der Waals surface area contributed by atoms with Crippen molar-refractivity contribution in [3.63, 3.8) is 0 Å². The predicted octanol–water partition coefficient (Wildman–Crippen LogP) is 2.20. The average molecular weight is 215 g/mol. The fourth-order valence-electron chi connectivity index (χ4n) is 1.37. The van der Waals surface area contributed by atoms with Gasteiger partial charge in [0, 0.05) is 6.07 Å². The monoisotopic (exact) mass is 215 g/mol. The van der Waals surface area contributed by atoms with Gasteiger partial charge in [-0.15, -0.1) is 0 Å². The van der Waals surface area contributed by atoms with E-state index in [4.69, 9.17) is 10.5 Å². The number of nitrogens with zero attached hydrogens (tertiary/aromatic N) is 2. The second-order valence-corrected chi connectivity index (χ2v) is 3.44. The van der Waals surface area contributed by atoms with Gasteiger partial charge in [0.1, 0.15) is 24.0 Å². The molecule has 0 saturated heterocycles. The first-order chi connectivity index (χ1) is 7.75. The van der Waals surface area contributed by atoms with E-state index in [1.807, 2.05) is 37.3 Å². The van der Waals surface area contributed by atoms with Gasteiger partial charge in [-0.1, -0.05) is 18.2 Å². The Morgan fingerprint density at radius 3 is 2.62 bits per heavy atom. The summed E-state index contributed by atoms with van der Waals surface area (Å²) in [5, 5.41) is 0. The number of anilines is 1. The fraction of sp³-hybridized carbons (Fsp3) is 0.167. The molecule has 4 nitrogen and oxygen atoms in total. The molecule has 82 valence electrons. The Morgan fingerprint density at radius 1 is 1.19 bits per heavy atom. The van der Waals surface area contributed by atoms with Crippen LogP contribution in [0.5, 0.6) is 5.75 Å². The van der Waals surface area contributed by atoms with Gasteiger partial charge in [0.15, 0.2) is 0 Å². The number of benzene rings is 1. The molecule has 2 aromatic rings. The van der Waals surface area contributed by atoms with E-state index in [1.165, 1.54) is 6.33 Å². The van der Waals surface area contributed by atoms with E-state index >= 15 is 0 Å². The highest BCUT2D eigenvalue weighted by Gasteiger charge is 2.08. The third-order valence-electron chi connectivity index (χ3n) is 2.18. The van der Waals surface area contributed by atoms with Crippen LogP contribution in [0, 0.1) is 0 Å². The van der Waals surface area contributed by atoms with Gasteiger partial charge < -0.3 is 10.5 Å². The van der Waals surface area contributed by atoms with Crippen LogP contribution in [0.3, 0.4) is 0 Å². The van der Waals surface area contributed by atoms with E-state index in [2.05, 4.69) is 9.97 Å². The molecule has 0 radical (unpaired) electrons. The Kier molecular flexibility index (Phi) is 3.00. The smallest absolute Gasteiger partial charge is 0.138 e. The molecule has 0 aliphatic heterocycles. The van der Waals surface area contributed by atoms with E-state index < -0.39 is 0 Å². The summed E-state index contributed by atoms with van der Waals surface area (Å²) in [6.45, 7) is 1.93. The molecule has 0 amide bonds. The minimum Gasteiger partial charge on any atom is -0.484 e. The zero-order valence-electron chi connectivity index (χ0n) is 9.00. The van der Waals surface area contributed by atoms with E-state index in [0.717, 1.165) is 11.4 Å². The summed E-state index contributed by atoms with van der Waals surface area (Å²) in [5.74, 6) is 1.26. The normalized spacial score (nSPS) is 12.1. The van der Waals surface area contributed by atoms with Crippen molar-refractivity contribution in [3.05, 3.63) is 48.4 Å². The summed E-state index contributed by atoms with van der Waals surface area (Å²) in [5.41, 5.74) is 6.36. The number of nitrogens with two attached hydrogens (primary N) is 1. The van der Waals surface area contributed by atoms with Crippen molar-refractivity contribution in [2.75, 3.05) is 5.73 Å². The molecular formula is C12H13N3O. The minimum absolute atomic E-state index is 0.146. The molecule has 4 heteroatoms. The van der Waals surface area contributed by atoms with Crippen molar-refractivity contribution in [1.29, 1.82) is 0 Å². The zero-order valence-corrected chi connectivity index (χ0v) is 9.00. The first kappa shape index (κ1) is 10.4. The van der Waals surface area contributed by atoms with E-state index in [-0.39, 0.29) is 6.10 Å². The number of nitrogen functional groups attached to an aromatic ring is 1. The Bertz CT molecular complexity index is 459. The first-order valence-electron chi connectivity index (χ1n) is 5.05. The van der Waals surface area contributed by atoms with Gasteiger partial charge in [0.25, 0.3) is 0 Å². The maximum Gasteiger partial charge on any atom is 0.138 e. The molecule has 0 unspecified atom stereocenters. The van der Waals surface area contributed by atoms with Gasteiger partial charge in [-0.05, 0) is 19.1 Å². The number of rotatable bonds is 3. The maximum atomic E-state index is 5.71. The van der Waals surface area contributed by atoms with Crippen LogP contribution < -0.4 is 10.5 Å². The Hall–Kier alpha value is -2.10. The summed E-state index contributed by atoms with van der Waals surface area (Å²) in [6.07, 6.45) is 1.29. The highest BCUT2D eigenvalue weighted by Crippen LogP contribution is 2.19. The van der Waals surface area contributed by atoms with Crippen LogP contribution in [0.4, 0.5) is 5.82 Å². The van der Waals surface area contributed by atoms with Crippen molar-refractivity contribution in [2.45, 2.75) is 13.0 Å². The topological polar surface area (TPSA) is 61.0 Å². The van der Waals surface area contributed by atoms with E-state index in [1.54, 1.807) is 6.07 Å². The molecule has 0 fully saturated rings. The first-order valence-corrected chi connectivity index (χ1v) is 5.05. The maximum absolute atomic E-state index is 5.71. The SMILES string of the molecule is C[C@H](Oc1ccccc1)c1cc(N)ncn1. The lowest BCUT2D eigenvalue weighted by Crippen LogP contribution is -2.06. The Balaban J connectivity index is 2.12. The summed E-state index contributed by atoms with van der Waals surface area (Å²) >= 11 is 0. The summed E-state index contributed by atoms with van der Waals surface area (Å²) in [4.78, 5) is 7.96. The van der Waals surface area contributed by atoms with Gasteiger partial charge in [-0.2, -0.15) is 0 Å². The van der Waals surface area contributed by atoms with Crippen LogP contribution in [0.15, 0.2) is 42.7 Å². The second-order valence-electron chi connectivity index (χ2n) is 3.44. The lowest BCUT2D eigenvalue weighted by molar-refractivity contribution is 0.222. The third-order valence-corrected chi connectivity index (χ3v) is 2.18. The molecule has 1 aromatic heterocycles. The van der Waals surface area contributed by atoms with Crippen molar-refractivity contribution in [2.24, 2.45) is 0 Å². The summed E-state index contributed by atoms with van der Waals surface area (Å²) in [7, 11) is 0. The van der Waals surface area contributed by atoms with Crippen LogP contribution in [0.1, 0.15) is 18.7 Å². The number of aromatic nitrogens is 2. The van der Waals surface area contributed by atoms with E-state index in [9.17, 15) is 0 Å². The van der Waals surface area contributed by atoms with Crippen molar-refractivity contribution in [3.8, 4) is 5.75 Å². The van der Waals surface area contributed by atoms with Crippen molar-refractivity contribution < 1.29 is 4.74 Å².